The topological polar surface area (TPSA) is 118 Å². The minimum Gasteiger partial charge on any atom is -0.421 e. The first kappa shape index (κ1) is 17.7. The molecule has 0 radical (unpaired) electrons. The Hall–Kier alpha value is -3.79. The van der Waals surface area contributed by atoms with Crippen LogP contribution in [-0.4, -0.2) is 51.0 Å². The lowest BCUT2D eigenvalue weighted by molar-refractivity contribution is 0.438. The number of anilines is 2. The Bertz CT molecular complexity index is 1490. The van der Waals surface area contributed by atoms with Crippen molar-refractivity contribution in [1.29, 1.82) is 0 Å². The van der Waals surface area contributed by atoms with Gasteiger partial charge in [-0.2, -0.15) is 9.97 Å². The third kappa shape index (κ3) is 3.72. The van der Waals surface area contributed by atoms with E-state index in [2.05, 4.69) is 30.2 Å². The number of aryl methyl sites for hydroxylation is 1. The molecule has 1 aromatic carbocycles. The molecule has 33 heavy (non-hydrogen) atoms. The Morgan fingerprint density at radius 3 is 2.76 bits per heavy atom. The quantitative estimate of drug-likeness (QED) is 0.394. The molecule has 1 aliphatic heterocycles. The maximum absolute atomic E-state index is 14.6. The van der Waals surface area contributed by atoms with Gasteiger partial charge in [0.2, 0.25) is 0 Å². The number of rotatable bonds is 5. The summed E-state index contributed by atoms with van der Waals surface area (Å²) in [6, 6.07) is 2.45. The molecule has 0 spiro atoms. The maximum atomic E-state index is 14.6. The van der Waals surface area contributed by atoms with Crippen LogP contribution in [0.4, 0.5) is 15.9 Å². The molecule has 9 nitrogen and oxygen atoms in total. The van der Waals surface area contributed by atoms with Gasteiger partial charge in [0.25, 0.3) is 0 Å². The van der Waals surface area contributed by atoms with Crippen LogP contribution in [0.1, 0.15) is 23.8 Å². The molecule has 0 bridgehead atoms. The molecule has 1 aliphatic rings. The Kier molecular flexibility index (Phi) is 4.28. The van der Waals surface area contributed by atoms with Gasteiger partial charge in [0.05, 0.1) is 29.0 Å². The zero-order chi connectivity index (χ0) is 25.8. The second-order valence-corrected chi connectivity index (χ2v) is 8.18. The smallest absolute Gasteiger partial charge is 0.326 e. The normalized spacial score (nSPS) is 16.2. The highest BCUT2D eigenvalue weighted by molar-refractivity contribution is 6.14. The number of nitrogens with two attached hydrogens (primary N) is 1. The van der Waals surface area contributed by atoms with Crippen LogP contribution in [0.2, 0.25) is 0 Å². The number of aromatic nitrogens is 5. The number of nitrogens with one attached hydrogen (secondary N) is 2. The van der Waals surface area contributed by atoms with Gasteiger partial charge in [0.15, 0.2) is 5.75 Å². The first-order valence-electron chi connectivity index (χ1n) is 11.9. The number of nitrogens with zero attached hydrogens (tertiary/aromatic N) is 5. The highest BCUT2D eigenvalue weighted by Crippen LogP contribution is 2.39. The fraction of sp³-hybridized carbons (Fsp3) is 0.304. The molecule has 1 saturated heterocycles. The first-order valence-corrected chi connectivity index (χ1v) is 10.4. The summed E-state index contributed by atoms with van der Waals surface area (Å²) in [5, 5.41) is 3.41. The number of aromatic amines is 1. The summed E-state index contributed by atoms with van der Waals surface area (Å²) in [7, 11) is 0. The van der Waals surface area contributed by atoms with Crippen molar-refractivity contribution in [3.8, 4) is 11.8 Å². The summed E-state index contributed by atoms with van der Waals surface area (Å²) in [5.41, 5.74) is 9.23. The summed E-state index contributed by atoms with van der Waals surface area (Å²) in [6.45, 7) is 4.37. The van der Waals surface area contributed by atoms with Crippen LogP contribution >= 0.6 is 0 Å². The summed E-state index contributed by atoms with van der Waals surface area (Å²) in [6.07, 6.45) is 3.04. The van der Waals surface area contributed by atoms with Crippen molar-refractivity contribution in [3.63, 3.8) is 0 Å². The van der Waals surface area contributed by atoms with E-state index in [9.17, 15) is 4.39 Å². The highest BCUT2D eigenvalue weighted by Gasteiger charge is 2.29. The third-order valence-corrected chi connectivity index (χ3v) is 5.89. The van der Waals surface area contributed by atoms with Crippen molar-refractivity contribution in [2.45, 2.75) is 26.8 Å². The Morgan fingerprint density at radius 2 is 2.06 bits per heavy atom. The lowest BCUT2D eigenvalue weighted by Crippen LogP contribution is -2.43. The summed E-state index contributed by atoms with van der Waals surface area (Å²) >= 11 is 0. The molecule has 4 N–H and O–H groups in total. The Balaban J connectivity index is 1.67. The molecule has 1 fully saturated rings. The van der Waals surface area contributed by atoms with Crippen LogP contribution in [0.3, 0.4) is 0 Å². The molecule has 0 aliphatic carbocycles. The SMILES string of the molecule is [2H]C([2H])([2H])Nc1cc(F)cc2c1[nH]c1nc(Oc3cnc(C)nc3)nc(N3CC(=C(C)[C@@H](C)N)C3)c12. The van der Waals surface area contributed by atoms with E-state index in [0.717, 1.165) is 11.6 Å². The van der Waals surface area contributed by atoms with E-state index in [1.54, 1.807) is 6.92 Å². The number of H-pyrrole nitrogens is 1. The standard InChI is InChI=1S/C23H25FN8O/c1-11(12(2)25)14-9-32(10-14)22-19-17-5-15(24)6-18(26-4)20(17)29-21(19)30-23(31-22)33-16-7-27-13(3)28-8-16/h5-8,12,26H,9-10,25H2,1-4H3,(H,29,30,31)/t12-/m1/s1/i4D3. The van der Waals surface area contributed by atoms with Gasteiger partial charge in [-0.05, 0) is 38.5 Å². The van der Waals surface area contributed by atoms with Crippen LogP contribution < -0.4 is 20.7 Å². The van der Waals surface area contributed by atoms with Crippen LogP contribution in [0, 0.1) is 12.7 Å². The molecule has 10 heteroatoms. The van der Waals surface area contributed by atoms with Gasteiger partial charge in [0.1, 0.15) is 23.1 Å². The van der Waals surface area contributed by atoms with Crippen LogP contribution in [0.15, 0.2) is 35.7 Å². The number of fused-ring (bicyclic) bond motifs is 3. The van der Waals surface area contributed by atoms with Gasteiger partial charge in [-0.3, -0.25) is 0 Å². The van der Waals surface area contributed by atoms with Crippen molar-refractivity contribution in [2.24, 2.45) is 5.73 Å². The maximum Gasteiger partial charge on any atom is 0.326 e. The lowest BCUT2D eigenvalue weighted by Gasteiger charge is -2.37. The van der Waals surface area contributed by atoms with Gasteiger partial charge in [-0.15, -0.1) is 0 Å². The highest BCUT2D eigenvalue weighted by atomic mass is 19.1. The Morgan fingerprint density at radius 1 is 1.30 bits per heavy atom. The van der Waals surface area contributed by atoms with Crippen molar-refractivity contribution < 1.29 is 13.2 Å². The van der Waals surface area contributed by atoms with E-state index in [1.165, 1.54) is 24.0 Å². The first-order chi connectivity index (χ1) is 17.0. The third-order valence-electron chi connectivity index (χ3n) is 5.89. The van der Waals surface area contributed by atoms with Gasteiger partial charge in [-0.25, -0.2) is 14.4 Å². The number of hydrogen-bond acceptors (Lipinski definition) is 8. The molecule has 1 atom stereocenters. The summed E-state index contributed by atoms with van der Waals surface area (Å²) in [4.78, 5) is 22.5. The summed E-state index contributed by atoms with van der Waals surface area (Å²) < 4.78 is 43.2. The van der Waals surface area contributed by atoms with E-state index in [-0.39, 0.29) is 17.7 Å². The molecule has 4 aromatic rings. The van der Waals surface area contributed by atoms with Crippen molar-refractivity contribution in [1.82, 2.24) is 24.9 Å². The number of hydrogen-bond donors (Lipinski definition) is 3. The average molecular weight is 452 g/mol. The largest absolute Gasteiger partial charge is 0.421 e. The molecule has 3 aromatic heterocycles. The Labute approximate surface area is 194 Å². The minimum absolute atomic E-state index is 0.0451. The molecule has 0 amide bonds. The molecule has 4 heterocycles. The van der Waals surface area contributed by atoms with Crippen molar-refractivity contribution in [3.05, 3.63) is 47.3 Å². The van der Waals surface area contributed by atoms with Gasteiger partial charge in [-0.1, -0.05) is 5.57 Å². The van der Waals surface area contributed by atoms with Crippen molar-refractivity contribution in [2.75, 3.05) is 30.3 Å². The second kappa shape index (κ2) is 7.96. The predicted octanol–water partition coefficient (Wildman–Crippen LogP) is 3.67. The predicted molar refractivity (Wildman–Crippen MR) is 126 cm³/mol. The minimum atomic E-state index is -2.51. The fourth-order valence-corrected chi connectivity index (χ4v) is 3.87. The van der Waals surface area contributed by atoms with E-state index >= 15 is 0 Å². The van der Waals surface area contributed by atoms with Crippen LogP contribution in [0.5, 0.6) is 11.8 Å². The number of benzene rings is 1. The monoisotopic (exact) mass is 451 g/mol. The fourth-order valence-electron chi connectivity index (χ4n) is 3.87. The van der Waals surface area contributed by atoms with Gasteiger partial charge in [0, 0.05) is 35.6 Å². The molecule has 0 unspecified atom stereocenters. The zero-order valence-corrected chi connectivity index (χ0v) is 18.4. The summed E-state index contributed by atoms with van der Waals surface area (Å²) in [5.74, 6) is 0.890. The van der Waals surface area contributed by atoms with E-state index in [4.69, 9.17) is 14.6 Å². The molecular formula is C23H25FN8O. The molecular weight excluding hydrogens is 423 g/mol. The van der Waals surface area contributed by atoms with Gasteiger partial charge < -0.3 is 25.7 Å². The van der Waals surface area contributed by atoms with Crippen molar-refractivity contribution >= 4 is 33.4 Å². The van der Waals surface area contributed by atoms with Crippen LogP contribution in [-0.2, 0) is 0 Å². The molecule has 5 rings (SSSR count). The van der Waals surface area contributed by atoms with E-state index < -0.39 is 12.8 Å². The van der Waals surface area contributed by atoms with E-state index in [0.29, 0.717) is 52.4 Å². The molecule has 170 valence electrons. The number of ether oxygens (including phenoxy) is 1. The average Bonchev–Trinajstić information content (AvgIpc) is 3.11. The second-order valence-electron chi connectivity index (χ2n) is 8.18. The van der Waals surface area contributed by atoms with E-state index in [1.807, 2.05) is 18.7 Å². The lowest BCUT2D eigenvalue weighted by atomic mass is 9.97. The van der Waals surface area contributed by atoms with Crippen LogP contribution in [0.25, 0.3) is 21.9 Å². The zero-order valence-electron chi connectivity index (χ0n) is 21.4. The van der Waals surface area contributed by atoms with Gasteiger partial charge >= 0.3 is 6.01 Å². The molecule has 0 saturated carbocycles. The number of halogens is 1.